The highest BCUT2D eigenvalue weighted by Gasteiger charge is 2.26. The summed E-state index contributed by atoms with van der Waals surface area (Å²) in [5.41, 5.74) is 2.40. The summed E-state index contributed by atoms with van der Waals surface area (Å²) in [5, 5.41) is 0. The van der Waals surface area contributed by atoms with Gasteiger partial charge in [-0.1, -0.05) is 13.8 Å². The first-order valence-corrected chi connectivity index (χ1v) is 9.58. The molecule has 0 amide bonds. The molecule has 2 unspecified atom stereocenters. The number of hydrogen-bond donors (Lipinski definition) is 0. The Morgan fingerprint density at radius 1 is 0.950 bits per heavy atom. The molecule has 0 saturated heterocycles. The predicted octanol–water partition coefficient (Wildman–Crippen LogP) is 6.43. The van der Waals surface area contributed by atoms with Crippen LogP contribution in [0.2, 0.25) is 0 Å². The van der Waals surface area contributed by atoms with Crippen LogP contribution < -0.4 is 0 Å². The zero-order valence-electron chi connectivity index (χ0n) is 11.8. The third-order valence-corrected chi connectivity index (χ3v) is 8.10. The molecule has 0 aliphatic heterocycles. The highest BCUT2D eigenvalue weighted by atomic mass is 79.9. The molecule has 5 heteroatoms. The monoisotopic (exact) mass is 434 g/mol. The lowest BCUT2D eigenvalue weighted by atomic mass is 9.93. The second kappa shape index (κ2) is 6.42. The average molecular weight is 436 g/mol. The molecule has 2 aromatic rings. The van der Waals surface area contributed by atoms with Crippen molar-refractivity contribution in [2.75, 3.05) is 0 Å². The van der Waals surface area contributed by atoms with Crippen molar-refractivity contribution in [1.82, 2.24) is 0 Å². The Balaban J connectivity index is 2.21. The molecular formula is C15H16Br2OS2. The van der Waals surface area contributed by atoms with Gasteiger partial charge >= 0.3 is 0 Å². The molecule has 2 atom stereocenters. The lowest BCUT2D eigenvalue weighted by Gasteiger charge is -2.13. The molecule has 2 heterocycles. The first-order chi connectivity index (χ1) is 9.31. The van der Waals surface area contributed by atoms with Crippen LogP contribution in [0.3, 0.4) is 0 Å². The fourth-order valence-corrected chi connectivity index (χ4v) is 5.31. The van der Waals surface area contributed by atoms with Gasteiger partial charge in [-0.2, -0.15) is 0 Å². The summed E-state index contributed by atoms with van der Waals surface area (Å²) in [5.74, 6) is 0.176. The number of carbonyl (C=O) groups is 1. The van der Waals surface area contributed by atoms with Gasteiger partial charge in [-0.05, 0) is 69.0 Å². The molecule has 2 aromatic heterocycles. The van der Waals surface area contributed by atoms with Crippen molar-refractivity contribution in [2.24, 2.45) is 0 Å². The van der Waals surface area contributed by atoms with Gasteiger partial charge in [0, 0.05) is 21.6 Å². The van der Waals surface area contributed by atoms with Gasteiger partial charge in [0.05, 0.1) is 7.57 Å². The van der Waals surface area contributed by atoms with Crippen molar-refractivity contribution in [1.29, 1.82) is 0 Å². The molecule has 0 saturated carbocycles. The summed E-state index contributed by atoms with van der Waals surface area (Å²) >= 11 is 10.4. The summed E-state index contributed by atoms with van der Waals surface area (Å²) in [4.78, 5) is 14.9. The van der Waals surface area contributed by atoms with Crippen molar-refractivity contribution in [3.8, 4) is 0 Å². The Bertz CT molecular complexity index is 549. The van der Waals surface area contributed by atoms with Gasteiger partial charge in [0.2, 0.25) is 0 Å². The number of aryl methyl sites for hydroxylation is 2. The van der Waals surface area contributed by atoms with E-state index in [1.54, 1.807) is 22.7 Å². The maximum absolute atomic E-state index is 12.7. The quantitative estimate of drug-likeness (QED) is 0.540. The molecule has 108 valence electrons. The van der Waals surface area contributed by atoms with Crippen LogP contribution in [0.25, 0.3) is 0 Å². The highest BCUT2D eigenvalue weighted by molar-refractivity contribution is 9.11. The molecule has 0 N–H and O–H groups in total. The van der Waals surface area contributed by atoms with Gasteiger partial charge in [-0.3, -0.25) is 4.79 Å². The van der Waals surface area contributed by atoms with Gasteiger partial charge in [0.15, 0.2) is 0 Å². The van der Waals surface area contributed by atoms with Crippen LogP contribution in [0.15, 0.2) is 19.7 Å². The van der Waals surface area contributed by atoms with E-state index in [2.05, 4.69) is 57.8 Å². The summed E-state index contributed by atoms with van der Waals surface area (Å²) in [6.45, 7) is 8.13. The maximum atomic E-state index is 12.7. The van der Waals surface area contributed by atoms with Crippen molar-refractivity contribution in [3.63, 3.8) is 0 Å². The number of carbonyl (C=O) groups excluding carboxylic acids is 1. The minimum absolute atomic E-state index is 0.0545. The highest BCUT2D eigenvalue weighted by Crippen LogP contribution is 2.38. The van der Waals surface area contributed by atoms with E-state index in [-0.39, 0.29) is 17.6 Å². The molecule has 2 rings (SSSR count). The van der Waals surface area contributed by atoms with E-state index in [0.29, 0.717) is 0 Å². The van der Waals surface area contributed by atoms with E-state index in [1.807, 2.05) is 13.8 Å². The smallest absolute Gasteiger partial charge is 0.148 e. The first-order valence-electron chi connectivity index (χ1n) is 6.36. The normalized spacial score (nSPS) is 14.3. The van der Waals surface area contributed by atoms with E-state index < -0.39 is 0 Å². The Morgan fingerprint density at radius 3 is 1.55 bits per heavy atom. The lowest BCUT2D eigenvalue weighted by Crippen LogP contribution is -2.14. The molecule has 20 heavy (non-hydrogen) atoms. The zero-order valence-corrected chi connectivity index (χ0v) is 16.6. The molecule has 0 aromatic carbocycles. The van der Waals surface area contributed by atoms with E-state index >= 15 is 0 Å². The summed E-state index contributed by atoms with van der Waals surface area (Å²) in [7, 11) is 0. The number of thiophene rings is 2. The SMILES string of the molecule is Cc1cc(C(C)C(=O)C(C)c2cc(C)c(Br)s2)sc1Br. The van der Waals surface area contributed by atoms with Crippen molar-refractivity contribution in [2.45, 2.75) is 39.5 Å². The Morgan fingerprint density at radius 2 is 1.30 bits per heavy atom. The molecule has 0 spiro atoms. The van der Waals surface area contributed by atoms with Gasteiger partial charge in [-0.15, -0.1) is 22.7 Å². The van der Waals surface area contributed by atoms with Gasteiger partial charge < -0.3 is 0 Å². The summed E-state index contributed by atoms with van der Waals surface area (Å²) in [6, 6.07) is 4.22. The van der Waals surface area contributed by atoms with Crippen LogP contribution in [-0.2, 0) is 4.79 Å². The molecule has 0 bridgehead atoms. The Kier molecular flexibility index (Phi) is 5.27. The van der Waals surface area contributed by atoms with E-state index in [4.69, 9.17) is 0 Å². The predicted molar refractivity (Wildman–Crippen MR) is 95.3 cm³/mol. The Hall–Kier alpha value is 0.0300. The first kappa shape index (κ1) is 16.4. The summed E-state index contributed by atoms with van der Waals surface area (Å²) in [6.07, 6.45) is 0. The van der Waals surface area contributed by atoms with Crippen molar-refractivity contribution < 1.29 is 4.79 Å². The van der Waals surface area contributed by atoms with Crippen LogP contribution in [0.5, 0.6) is 0 Å². The van der Waals surface area contributed by atoms with Crippen molar-refractivity contribution >= 4 is 60.3 Å². The molecule has 0 aliphatic carbocycles. The fraction of sp³-hybridized carbons (Fsp3) is 0.400. The fourth-order valence-electron chi connectivity index (χ4n) is 2.05. The van der Waals surface area contributed by atoms with Gasteiger partial charge in [0.1, 0.15) is 5.78 Å². The number of Topliss-reactive ketones (excluding diaryl/α,β-unsaturated/α-hetero) is 1. The molecule has 1 nitrogen and oxygen atoms in total. The van der Waals surface area contributed by atoms with Crippen LogP contribution in [0.4, 0.5) is 0 Å². The van der Waals surface area contributed by atoms with Crippen LogP contribution in [0.1, 0.15) is 46.6 Å². The maximum Gasteiger partial charge on any atom is 0.148 e. The van der Waals surface area contributed by atoms with Crippen LogP contribution in [0, 0.1) is 13.8 Å². The second-order valence-electron chi connectivity index (χ2n) is 5.06. The zero-order chi connectivity index (χ0) is 15.0. The third-order valence-electron chi connectivity index (χ3n) is 3.46. The van der Waals surface area contributed by atoms with Crippen LogP contribution >= 0.6 is 54.5 Å². The number of hydrogen-bond acceptors (Lipinski definition) is 3. The Labute approximate surface area is 144 Å². The standard InChI is InChI=1S/C15H16Br2OS2/c1-7-5-11(19-14(7)16)9(3)13(18)10(4)12-6-8(2)15(17)20-12/h5-6,9-10H,1-4H3. The minimum atomic E-state index is -0.0545. The average Bonchev–Trinajstić information content (AvgIpc) is 2.91. The molecule has 0 aliphatic rings. The van der Waals surface area contributed by atoms with E-state index in [0.717, 1.165) is 17.3 Å². The number of ketones is 1. The largest absolute Gasteiger partial charge is 0.298 e. The number of halogens is 2. The lowest BCUT2D eigenvalue weighted by molar-refractivity contribution is -0.121. The van der Waals surface area contributed by atoms with Gasteiger partial charge in [-0.25, -0.2) is 0 Å². The van der Waals surface area contributed by atoms with Crippen molar-refractivity contribution in [3.05, 3.63) is 40.6 Å². The third kappa shape index (κ3) is 3.26. The summed E-state index contributed by atoms with van der Waals surface area (Å²) < 4.78 is 2.24. The molecule has 0 fully saturated rings. The van der Waals surface area contributed by atoms with Crippen LogP contribution in [-0.4, -0.2) is 5.78 Å². The number of rotatable bonds is 4. The van der Waals surface area contributed by atoms with E-state index in [9.17, 15) is 4.79 Å². The molecule has 0 radical (unpaired) electrons. The minimum Gasteiger partial charge on any atom is -0.298 e. The van der Waals surface area contributed by atoms with E-state index in [1.165, 1.54) is 11.1 Å². The second-order valence-corrected chi connectivity index (χ2v) is 9.86. The van der Waals surface area contributed by atoms with Gasteiger partial charge in [0.25, 0.3) is 0 Å². The topological polar surface area (TPSA) is 17.1 Å². The molecular weight excluding hydrogens is 420 g/mol.